The summed E-state index contributed by atoms with van der Waals surface area (Å²) in [6, 6.07) is 0. The van der Waals surface area contributed by atoms with Crippen LogP contribution in [0.4, 0.5) is 0 Å². The van der Waals surface area contributed by atoms with E-state index in [1.54, 1.807) is 11.3 Å². The van der Waals surface area contributed by atoms with Crippen LogP contribution >= 0.6 is 22.6 Å². The minimum atomic E-state index is 1.72. The Morgan fingerprint density at radius 3 is 2.25 bits per heavy atom. The lowest BCUT2D eigenvalue weighted by Crippen LogP contribution is -1.39. The number of halogens is 1. The fourth-order valence-corrected chi connectivity index (χ4v) is 0. The Labute approximate surface area is 39.3 Å². The maximum Gasteiger partial charge on any atom is 0.0592 e. The highest BCUT2D eigenvalue weighted by Gasteiger charge is 1.35. The Hall–Kier alpha value is 0.400. The van der Waals surface area contributed by atoms with Crippen molar-refractivity contribution in [3.8, 4) is 0 Å². The molecule has 4 heavy (non-hydrogen) atoms. The zero-order chi connectivity index (χ0) is 3.41. The van der Waals surface area contributed by atoms with Crippen molar-refractivity contribution in [1.82, 2.24) is 0 Å². The predicted octanol–water partition coefficient (Wildman–Crippen LogP) is 1.08. The van der Waals surface area contributed by atoms with E-state index in [0.29, 0.717) is 0 Å². The summed E-state index contributed by atoms with van der Waals surface area (Å²) in [7, 11) is 1.74. The Kier molecular flexibility index (Phi) is 3.74. The molecule has 0 N–H and O–H groups in total. The van der Waals surface area contributed by atoms with Crippen LogP contribution in [0.2, 0.25) is 0 Å². The summed E-state index contributed by atoms with van der Waals surface area (Å²) in [5, 5.41) is 0. The first-order chi connectivity index (χ1) is 1.91. The zero-order valence-corrected chi connectivity index (χ0v) is 4.56. The van der Waals surface area contributed by atoms with Gasteiger partial charge in [0, 0.05) is 7.05 Å². The normalized spacial score (nSPS) is 9.50. The van der Waals surface area contributed by atoms with Gasteiger partial charge in [-0.2, -0.15) is 0 Å². The van der Waals surface area contributed by atoms with E-state index in [9.17, 15) is 0 Å². The van der Waals surface area contributed by atoms with Crippen LogP contribution < -0.4 is 0 Å². The lowest BCUT2D eigenvalue weighted by molar-refractivity contribution is 1.49. The summed E-state index contributed by atoms with van der Waals surface area (Å²) in [5.41, 5.74) is 0. The van der Waals surface area contributed by atoms with Gasteiger partial charge in [-0.1, -0.05) is 0 Å². The van der Waals surface area contributed by atoms with Gasteiger partial charge in [0.1, 0.15) is 0 Å². The van der Waals surface area contributed by atoms with Crippen molar-refractivity contribution in [3.63, 3.8) is 0 Å². The summed E-state index contributed by atoms with van der Waals surface area (Å²) in [6.45, 7) is 0. The Morgan fingerprint density at radius 1 is 2.00 bits per heavy atom. The highest BCUT2D eigenvalue weighted by molar-refractivity contribution is 14.1. The van der Waals surface area contributed by atoms with Crippen molar-refractivity contribution >= 4 is 26.8 Å². The summed E-state index contributed by atoms with van der Waals surface area (Å²) in [5.74, 6) is 0. The third kappa shape index (κ3) is 2.40. The van der Waals surface area contributed by atoms with Crippen molar-refractivity contribution in [2.75, 3.05) is 7.05 Å². The molecule has 0 aromatic carbocycles. The van der Waals surface area contributed by atoms with Gasteiger partial charge in [0.25, 0.3) is 0 Å². The maximum atomic E-state index is 3.60. The fourth-order valence-electron chi connectivity index (χ4n) is 0. The van der Waals surface area contributed by atoms with Gasteiger partial charge in [-0.15, -0.1) is 0 Å². The topological polar surface area (TPSA) is 12.4 Å². The van der Waals surface area contributed by atoms with E-state index < -0.39 is 0 Å². The minimum absolute atomic E-state index is 1.72. The van der Waals surface area contributed by atoms with Gasteiger partial charge in [0.05, 0.1) is 4.22 Å². The van der Waals surface area contributed by atoms with E-state index in [2.05, 4.69) is 27.6 Å². The summed E-state index contributed by atoms with van der Waals surface area (Å²) < 4.78 is 1.72. The van der Waals surface area contributed by atoms with Crippen LogP contribution in [0.15, 0.2) is 4.99 Å². The molecule has 0 aromatic rings. The van der Waals surface area contributed by atoms with Gasteiger partial charge < -0.3 is 0 Å². The van der Waals surface area contributed by atoms with Crippen molar-refractivity contribution in [2.24, 2.45) is 4.99 Å². The average Bonchev–Trinajstić information content (AvgIpc) is 1.37. The molecule has 0 saturated carbocycles. The molecule has 2 heteroatoms. The molecule has 0 aliphatic rings. The average molecular weight is 169 g/mol. The van der Waals surface area contributed by atoms with Crippen molar-refractivity contribution in [2.45, 2.75) is 0 Å². The first-order valence-corrected chi connectivity index (χ1v) is 2.17. The molecular weight excluding hydrogens is 165 g/mol. The number of rotatable bonds is 0. The van der Waals surface area contributed by atoms with Crippen LogP contribution in [0.5, 0.6) is 0 Å². The minimum Gasteiger partial charge on any atom is -0.290 e. The molecule has 0 bridgehead atoms. The number of hydrogen-bond acceptors (Lipinski definition) is 1. The van der Waals surface area contributed by atoms with Crippen LogP contribution in [-0.2, 0) is 0 Å². The number of nitrogens with zero attached hydrogens (tertiary/aromatic N) is 1. The summed E-state index contributed by atoms with van der Waals surface area (Å²) >= 11 is 2.06. The van der Waals surface area contributed by atoms with Gasteiger partial charge in [0.2, 0.25) is 0 Å². The second kappa shape index (κ2) is 3.40. The molecule has 0 saturated heterocycles. The molecule has 0 amide bonds. The van der Waals surface area contributed by atoms with Gasteiger partial charge in [0.15, 0.2) is 0 Å². The largest absolute Gasteiger partial charge is 0.290 e. The number of hydrogen-bond donors (Lipinski definition) is 0. The first kappa shape index (κ1) is 4.40. The molecule has 0 radical (unpaired) electrons. The maximum absolute atomic E-state index is 3.60. The highest BCUT2D eigenvalue weighted by atomic mass is 127. The first-order valence-electron chi connectivity index (χ1n) is 0.924. The molecule has 0 aliphatic carbocycles. The van der Waals surface area contributed by atoms with Gasteiger partial charge >= 0.3 is 0 Å². The van der Waals surface area contributed by atoms with Crippen molar-refractivity contribution < 1.29 is 0 Å². The van der Waals surface area contributed by atoms with Gasteiger partial charge in [-0.3, -0.25) is 4.99 Å². The third-order valence-corrected chi connectivity index (χ3v) is 0.655. The molecule has 0 atom stereocenters. The zero-order valence-electron chi connectivity index (χ0n) is 2.40. The van der Waals surface area contributed by atoms with E-state index in [1.807, 2.05) is 0 Å². The van der Waals surface area contributed by atoms with E-state index in [1.165, 1.54) is 0 Å². The van der Waals surface area contributed by atoms with Gasteiger partial charge in [-0.05, 0) is 22.6 Å². The van der Waals surface area contributed by atoms with Gasteiger partial charge in [-0.25, -0.2) is 0 Å². The molecule has 0 aliphatic heterocycles. The molecule has 24 valence electrons. The Bertz CT molecular complexity index is 21.2. The van der Waals surface area contributed by atoms with E-state index in [-0.39, 0.29) is 0 Å². The second-order valence-electron chi connectivity index (χ2n) is 0.356. The Balaban J connectivity index is 2.55. The molecular formula is C2H4IN. The van der Waals surface area contributed by atoms with Crippen LogP contribution in [0.3, 0.4) is 0 Å². The Morgan fingerprint density at radius 2 is 2.25 bits per heavy atom. The monoisotopic (exact) mass is 169 g/mol. The summed E-state index contributed by atoms with van der Waals surface area (Å²) in [6.07, 6.45) is 0. The SMILES string of the molecule is CN=CI. The van der Waals surface area contributed by atoms with Crippen molar-refractivity contribution in [3.05, 3.63) is 0 Å². The van der Waals surface area contributed by atoms with E-state index in [0.717, 1.165) is 0 Å². The molecule has 0 unspecified atom stereocenters. The quantitative estimate of drug-likeness (QED) is 0.380. The molecule has 0 rings (SSSR count). The highest BCUT2D eigenvalue weighted by Crippen LogP contribution is 1.63. The molecule has 0 fully saturated rings. The predicted molar refractivity (Wildman–Crippen MR) is 28.4 cm³/mol. The van der Waals surface area contributed by atoms with Crippen LogP contribution in [0.1, 0.15) is 0 Å². The lowest BCUT2D eigenvalue weighted by Gasteiger charge is -1.51. The van der Waals surface area contributed by atoms with Crippen LogP contribution in [-0.4, -0.2) is 11.3 Å². The fraction of sp³-hybridized carbons (Fsp3) is 0.500. The molecule has 0 spiro atoms. The number of aliphatic imine (C=N–C) groups is 1. The van der Waals surface area contributed by atoms with E-state index in [4.69, 9.17) is 0 Å². The van der Waals surface area contributed by atoms with Crippen LogP contribution in [0.25, 0.3) is 0 Å². The molecule has 0 aromatic heterocycles. The van der Waals surface area contributed by atoms with Crippen molar-refractivity contribution in [1.29, 1.82) is 0 Å². The summed E-state index contributed by atoms with van der Waals surface area (Å²) in [4.78, 5) is 3.60. The second-order valence-corrected chi connectivity index (χ2v) is 0.913. The molecule has 1 nitrogen and oxygen atoms in total. The third-order valence-electron chi connectivity index (χ3n) is 0.0976. The van der Waals surface area contributed by atoms with Crippen LogP contribution in [0, 0.1) is 0 Å². The lowest BCUT2D eigenvalue weighted by atomic mass is 11.4. The smallest absolute Gasteiger partial charge is 0.0592 e. The molecule has 0 heterocycles. The standard InChI is InChI=1S/C2H4IN/c1-4-2-3/h2H,1H3. The van der Waals surface area contributed by atoms with E-state index >= 15 is 0 Å².